The monoisotopic (exact) mass is 271 g/mol. The fourth-order valence-corrected chi connectivity index (χ4v) is 1.56. The summed E-state index contributed by atoms with van der Waals surface area (Å²) in [6.07, 6.45) is -0.264. The lowest BCUT2D eigenvalue weighted by molar-refractivity contribution is 0.356. The highest BCUT2D eigenvalue weighted by molar-refractivity contribution is 9.10. The molecule has 2 aromatic rings. The van der Waals surface area contributed by atoms with Gasteiger partial charge in [0.15, 0.2) is 11.5 Å². The van der Waals surface area contributed by atoms with Crippen LogP contribution in [0.4, 0.5) is 0 Å². The fourth-order valence-electron chi connectivity index (χ4n) is 1.18. The van der Waals surface area contributed by atoms with E-state index in [1.807, 2.05) is 0 Å². The Morgan fingerprint density at radius 2 is 1.93 bits per heavy atom. The second kappa shape index (κ2) is 4.06. The van der Waals surface area contributed by atoms with Gasteiger partial charge in [-0.15, -0.1) is 0 Å². The van der Waals surface area contributed by atoms with Crippen molar-refractivity contribution in [1.29, 1.82) is 0 Å². The van der Waals surface area contributed by atoms with Crippen LogP contribution in [0.25, 0.3) is 10.9 Å². The van der Waals surface area contributed by atoms with E-state index >= 15 is 0 Å². The lowest BCUT2D eigenvalue weighted by Crippen LogP contribution is -1.91. The first-order chi connectivity index (χ1) is 8.93. The molecule has 0 amide bonds. The zero-order chi connectivity index (χ0) is 14.3. The minimum atomic E-state index is -0.264. The van der Waals surface area contributed by atoms with Gasteiger partial charge in [-0.1, -0.05) is 15.9 Å². The number of methoxy groups -OCH3 is 2. The number of rotatable bonds is 2. The van der Waals surface area contributed by atoms with E-state index in [9.17, 15) is 0 Å². The molecule has 0 N–H and O–H groups in total. The molecule has 0 aliphatic heterocycles. The van der Waals surface area contributed by atoms with Crippen LogP contribution in [-0.2, 0) is 0 Å². The summed E-state index contributed by atoms with van der Waals surface area (Å²) in [7, 11) is 2.75. The standard InChI is InChI=1S/C11H10BrNO2/c1-14-10-5-7-8(12)3-4-13-9(7)6-11(10)15-2/h3-6H,1-2H3/i3D,4D,5D,6D. The quantitative estimate of drug-likeness (QED) is 0.842. The summed E-state index contributed by atoms with van der Waals surface area (Å²) in [5, 5.41) is 0.267. The molecule has 0 aliphatic carbocycles. The number of halogens is 1. The molecule has 2 rings (SSSR count). The van der Waals surface area contributed by atoms with Crippen molar-refractivity contribution < 1.29 is 15.0 Å². The van der Waals surface area contributed by atoms with Crippen LogP contribution < -0.4 is 9.47 Å². The minimum absolute atomic E-state index is 0.0294. The van der Waals surface area contributed by atoms with Crippen LogP contribution in [0.2, 0.25) is 0 Å². The van der Waals surface area contributed by atoms with E-state index in [0.717, 1.165) is 0 Å². The molecule has 4 heteroatoms. The largest absolute Gasteiger partial charge is 0.493 e. The van der Waals surface area contributed by atoms with E-state index in [1.54, 1.807) is 0 Å². The van der Waals surface area contributed by atoms with Gasteiger partial charge in [-0.25, -0.2) is 0 Å². The van der Waals surface area contributed by atoms with Gasteiger partial charge in [-0.05, 0) is 12.1 Å². The Bertz CT molecular complexity index is 678. The number of pyridine rings is 1. The topological polar surface area (TPSA) is 31.4 Å². The molecule has 0 aliphatic rings. The summed E-state index contributed by atoms with van der Waals surface area (Å²) >= 11 is 3.18. The van der Waals surface area contributed by atoms with Gasteiger partial charge in [0.05, 0.1) is 25.2 Å². The molecule has 0 saturated carbocycles. The van der Waals surface area contributed by atoms with E-state index in [2.05, 4.69) is 20.9 Å². The lowest BCUT2D eigenvalue weighted by Gasteiger charge is -2.09. The third kappa shape index (κ3) is 1.77. The van der Waals surface area contributed by atoms with Crippen LogP contribution in [0.1, 0.15) is 5.48 Å². The number of fused-ring (bicyclic) bond motifs is 1. The van der Waals surface area contributed by atoms with Crippen molar-refractivity contribution in [2.45, 2.75) is 0 Å². The molecule has 1 aromatic carbocycles. The third-order valence-corrected chi connectivity index (χ3v) is 2.47. The maximum atomic E-state index is 8.09. The molecule has 0 fully saturated rings. The van der Waals surface area contributed by atoms with Crippen molar-refractivity contribution >= 4 is 26.8 Å². The van der Waals surface area contributed by atoms with Gasteiger partial charge < -0.3 is 9.47 Å². The van der Waals surface area contributed by atoms with E-state index in [0.29, 0.717) is 0 Å². The molecule has 0 bridgehead atoms. The minimum Gasteiger partial charge on any atom is -0.493 e. The normalized spacial score (nSPS) is 14.1. The summed E-state index contributed by atoms with van der Waals surface area (Å²) in [5.41, 5.74) is 0.135. The summed E-state index contributed by atoms with van der Waals surface area (Å²) in [4.78, 5) is 3.89. The summed E-state index contributed by atoms with van der Waals surface area (Å²) in [6.45, 7) is 0. The van der Waals surface area contributed by atoms with Crippen molar-refractivity contribution in [3.63, 3.8) is 0 Å². The molecule has 0 atom stereocenters. The van der Waals surface area contributed by atoms with Gasteiger partial charge >= 0.3 is 0 Å². The Labute approximate surface area is 102 Å². The predicted octanol–water partition coefficient (Wildman–Crippen LogP) is 3.01. The average Bonchev–Trinajstić information content (AvgIpc) is 2.39. The van der Waals surface area contributed by atoms with Gasteiger partial charge in [-0.2, -0.15) is 0 Å². The number of ether oxygens (including phenoxy) is 2. The first-order valence-corrected chi connectivity index (χ1v) is 4.90. The Hall–Kier alpha value is -1.29. The number of aromatic nitrogens is 1. The van der Waals surface area contributed by atoms with Gasteiger partial charge in [0, 0.05) is 22.1 Å². The first-order valence-electron chi connectivity index (χ1n) is 6.11. The van der Waals surface area contributed by atoms with Crippen LogP contribution in [0.3, 0.4) is 0 Å². The maximum Gasteiger partial charge on any atom is 0.162 e. The van der Waals surface area contributed by atoms with Crippen LogP contribution in [0.5, 0.6) is 11.5 Å². The van der Waals surface area contributed by atoms with E-state index in [4.69, 9.17) is 15.0 Å². The highest BCUT2D eigenvalue weighted by Gasteiger charge is 2.08. The van der Waals surface area contributed by atoms with Crippen molar-refractivity contribution in [1.82, 2.24) is 4.98 Å². The molecule has 3 nitrogen and oxygen atoms in total. The number of nitrogens with zero attached hydrogens (tertiary/aromatic N) is 1. The molecular formula is C11H10BrNO2. The maximum absolute atomic E-state index is 8.09. The highest BCUT2D eigenvalue weighted by atomic mass is 79.9. The molecule has 78 valence electrons. The second-order valence-corrected chi connectivity index (χ2v) is 3.50. The smallest absolute Gasteiger partial charge is 0.162 e. The Morgan fingerprint density at radius 3 is 2.60 bits per heavy atom. The lowest BCUT2D eigenvalue weighted by atomic mass is 10.2. The van der Waals surface area contributed by atoms with Crippen LogP contribution in [0, 0.1) is 0 Å². The summed E-state index contributed by atoms with van der Waals surface area (Å²) in [5.74, 6) is 0.205. The van der Waals surface area contributed by atoms with E-state index in [1.165, 1.54) is 14.2 Å². The molecule has 0 saturated heterocycles. The van der Waals surface area contributed by atoms with Crippen LogP contribution >= 0.6 is 15.9 Å². The molecule has 0 spiro atoms. The number of benzene rings is 1. The van der Waals surface area contributed by atoms with Gasteiger partial charge in [0.25, 0.3) is 0 Å². The van der Waals surface area contributed by atoms with Crippen molar-refractivity contribution in [3.8, 4) is 11.5 Å². The molecule has 0 radical (unpaired) electrons. The van der Waals surface area contributed by atoms with Crippen LogP contribution in [0.15, 0.2) is 28.8 Å². The van der Waals surface area contributed by atoms with Gasteiger partial charge in [0.2, 0.25) is 0 Å². The molecular weight excluding hydrogens is 258 g/mol. The fraction of sp³-hybridized carbons (Fsp3) is 0.182. The predicted molar refractivity (Wildman–Crippen MR) is 62.5 cm³/mol. The second-order valence-electron chi connectivity index (χ2n) is 2.70. The van der Waals surface area contributed by atoms with E-state index in [-0.39, 0.29) is 51.2 Å². The van der Waals surface area contributed by atoms with Crippen molar-refractivity contribution in [3.05, 3.63) is 28.8 Å². The Balaban J connectivity index is 3.07. The zero-order valence-electron chi connectivity index (χ0n) is 12.1. The summed E-state index contributed by atoms with van der Waals surface area (Å²) in [6, 6.07) is -0.231. The average molecular weight is 272 g/mol. The first kappa shape index (κ1) is 6.33. The SMILES string of the molecule is [2H]c1nc2c([2H])c(OC)c(OC)c([2H])c2c(Br)c1[2H]. The molecule has 1 aromatic heterocycles. The molecule has 1 heterocycles. The summed E-state index contributed by atoms with van der Waals surface area (Å²) < 4.78 is 41.8. The van der Waals surface area contributed by atoms with Crippen molar-refractivity contribution in [2.75, 3.05) is 14.2 Å². The zero-order valence-corrected chi connectivity index (χ0v) is 9.73. The highest BCUT2D eigenvalue weighted by Crippen LogP contribution is 2.33. The van der Waals surface area contributed by atoms with E-state index < -0.39 is 0 Å². The van der Waals surface area contributed by atoms with Gasteiger partial charge in [-0.3, -0.25) is 4.98 Å². The third-order valence-electron chi connectivity index (χ3n) is 1.87. The van der Waals surface area contributed by atoms with Gasteiger partial charge in [0.1, 0.15) is 0 Å². The Kier molecular flexibility index (Phi) is 1.71. The molecule has 15 heavy (non-hydrogen) atoms. The van der Waals surface area contributed by atoms with Crippen molar-refractivity contribution in [2.24, 2.45) is 0 Å². The Morgan fingerprint density at radius 1 is 1.27 bits per heavy atom. The van der Waals surface area contributed by atoms with Crippen LogP contribution in [-0.4, -0.2) is 19.2 Å². The molecule has 0 unspecified atom stereocenters. The number of hydrogen-bond donors (Lipinski definition) is 0. The number of hydrogen-bond acceptors (Lipinski definition) is 3.